The van der Waals surface area contributed by atoms with Gasteiger partial charge in [-0.3, -0.25) is 4.79 Å². The Labute approximate surface area is 106 Å². The number of nitrogens with zero attached hydrogens (tertiary/aromatic N) is 1. The maximum absolute atomic E-state index is 12.2. The lowest BCUT2D eigenvalue weighted by Crippen LogP contribution is -2.46. The van der Waals surface area contributed by atoms with Crippen molar-refractivity contribution in [3.8, 4) is 0 Å². The molecule has 1 rings (SSSR count). The third-order valence-corrected chi connectivity index (χ3v) is 3.45. The summed E-state index contributed by atoms with van der Waals surface area (Å²) in [5.41, 5.74) is 5.53. The Balaban J connectivity index is 2.75. The molecule has 4 nitrogen and oxygen atoms in total. The van der Waals surface area contributed by atoms with Gasteiger partial charge in [0.05, 0.1) is 6.54 Å². The highest BCUT2D eigenvalue weighted by atomic mass is 32.1. The maximum Gasteiger partial charge on any atom is 0.253 e. The molecule has 1 aromatic rings. The Bertz CT molecular complexity index is 334. The summed E-state index contributed by atoms with van der Waals surface area (Å²) in [6, 6.07) is 4.14. The molecule has 1 aromatic heterocycles. The molecule has 0 saturated carbocycles. The minimum absolute atomic E-state index is 0.0431. The zero-order chi connectivity index (χ0) is 12.8. The second-order valence-corrected chi connectivity index (χ2v) is 5.13. The summed E-state index contributed by atoms with van der Waals surface area (Å²) < 4.78 is 5.10. The average molecular weight is 256 g/mol. The highest BCUT2D eigenvalue weighted by Gasteiger charge is 2.25. The van der Waals surface area contributed by atoms with E-state index in [9.17, 15) is 4.79 Å². The van der Waals surface area contributed by atoms with Gasteiger partial charge in [-0.25, -0.2) is 0 Å². The third-order valence-electron chi connectivity index (χ3n) is 2.59. The van der Waals surface area contributed by atoms with Gasteiger partial charge in [0.1, 0.15) is 6.10 Å². The van der Waals surface area contributed by atoms with Crippen LogP contribution in [0, 0.1) is 0 Å². The van der Waals surface area contributed by atoms with Gasteiger partial charge in [0.15, 0.2) is 0 Å². The minimum Gasteiger partial charge on any atom is -0.370 e. The van der Waals surface area contributed by atoms with E-state index in [2.05, 4.69) is 0 Å². The normalized spacial score (nSPS) is 12.8. The summed E-state index contributed by atoms with van der Waals surface area (Å²) in [6.45, 7) is 4.82. The Morgan fingerprint density at radius 1 is 1.59 bits per heavy atom. The predicted octanol–water partition coefficient (Wildman–Crippen LogP) is 1.46. The predicted molar refractivity (Wildman–Crippen MR) is 69.9 cm³/mol. The minimum atomic E-state index is -0.544. The van der Waals surface area contributed by atoms with Crippen molar-refractivity contribution in [3.63, 3.8) is 0 Å². The first-order chi connectivity index (χ1) is 8.10. The lowest BCUT2D eigenvalue weighted by molar-refractivity contribution is -0.143. The zero-order valence-electron chi connectivity index (χ0n) is 10.6. The molecule has 0 aliphatic carbocycles. The summed E-state index contributed by atoms with van der Waals surface area (Å²) in [6.07, 6.45) is -0.544. The molecule has 2 N–H and O–H groups in total. The number of rotatable bonds is 6. The number of amides is 1. The van der Waals surface area contributed by atoms with Crippen LogP contribution in [0.5, 0.6) is 0 Å². The molecule has 0 spiro atoms. The Morgan fingerprint density at radius 2 is 2.29 bits per heavy atom. The van der Waals surface area contributed by atoms with Crippen LogP contribution in [0.25, 0.3) is 0 Å². The summed E-state index contributed by atoms with van der Waals surface area (Å²) in [5.74, 6) is -0.0431. The van der Waals surface area contributed by atoms with E-state index in [1.165, 1.54) is 12.0 Å². The molecule has 0 aromatic carbocycles. The zero-order valence-corrected chi connectivity index (χ0v) is 11.4. The molecule has 5 heteroatoms. The second-order valence-electron chi connectivity index (χ2n) is 4.10. The number of hydrogen-bond donors (Lipinski definition) is 1. The van der Waals surface area contributed by atoms with E-state index in [1.807, 2.05) is 31.4 Å². The molecule has 1 heterocycles. The summed E-state index contributed by atoms with van der Waals surface area (Å²) >= 11 is 1.65. The van der Waals surface area contributed by atoms with Gasteiger partial charge in [0.25, 0.3) is 5.91 Å². The fourth-order valence-electron chi connectivity index (χ4n) is 1.57. The van der Waals surface area contributed by atoms with Crippen molar-refractivity contribution in [3.05, 3.63) is 22.4 Å². The number of carbonyl (C=O) groups is 1. The van der Waals surface area contributed by atoms with Gasteiger partial charge in [-0.05, 0) is 25.3 Å². The van der Waals surface area contributed by atoms with Crippen molar-refractivity contribution in [2.24, 2.45) is 5.73 Å². The van der Waals surface area contributed by atoms with E-state index in [4.69, 9.17) is 10.5 Å². The molecule has 0 bridgehead atoms. The van der Waals surface area contributed by atoms with Crippen molar-refractivity contribution < 1.29 is 9.53 Å². The monoisotopic (exact) mass is 256 g/mol. The molecular formula is C12H20N2O2S. The van der Waals surface area contributed by atoms with Crippen molar-refractivity contribution in [2.75, 3.05) is 13.7 Å². The van der Waals surface area contributed by atoms with Crippen LogP contribution in [0.4, 0.5) is 0 Å². The number of ether oxygens (including phenoxy) is 1. The molecule has 0 saturated heterocycles. The van der Waals surface area contributed by atoms with Crippen LogP contribution < -0.4 is 5.73 Å². The molecule has 1 atom stereocenters. The first-order valence-electron chi connectivity index (χ1n) is 5.65. The first-order valence-corrected chi connectivity index (χ1v) is 6.53. The van der Waals surface area contributed by atoms with Crippen molar-refractivity contribution in [1.29, 1.82) is 0 Å². The van der Waals surface area contributed by atoms with Crippen LogP contribution in [0.15, 0.2) is 17.5 Å². The Morgan fingerprint density at radius 3 is 2.71 bits per heavy atom. The fraction of sp³-hybridized carbons (Fsp3) is 0.583. The number of hydrogen-bond acceptors (Lipinski definition) is 4. The summed E-state index contributed by atoms with van der Waals surface area (Å²) in [4.78, 5) is 15.2. The van der Waals surface area contributed by atoms with Crippen molar-refractivity contribution in [2.45, 2.75) is 32.5 Å². The van der Waals surface area contributed by atoms with Crippen LogP contribution in [-0.2, 0) is 16.1 Å². The van der Waals surface area contributed by atoms with Gasteiger partial charge in [0, 0.05) is 24.6 Å². The van der Waals surface area contributed by atoms with Gasteiger partial charge in [-0.1, -0.05) is 6.07 Å². The highest BCUT2D eigenvalue weighted by molar-refractivity contribution is 7.09. The van der Waals surface area contributed by atoms with Gasteiger partial charge in [0.2, 0.25) is 0 Å². The van der Waals surface area contributed by atoms with Crippen LogP contribution in [-0.4, -0.2) is 36.6 Å². The molecular weight excluding hydrogens is 236 g/mol. The first kappa shape index (κ1) is 14.2. The van der Waals surface area contributed by atoms with E-state index in [0.717, 1.165) is 0 Å². The molecule has 1 amide bonds. The van der Waals surface area contributed by atoms with E-state index < -0.39 is 6.10 Å². The largest absolute Gasteiger partial charge is 0.370 e. The van der Waals surface area contributed by atoms with Gasteiger partial charge >= 0.3 is 0 Å². The van der Waals surface area contributed by atoms with E-state index in [-0.39, 0.29) is 18.5 Å². The SMILES string of the molecule is COC(CN)C(=O)N(Cc1cccs1)C(C)C. The second kappa shape index (κ2) is 6.74. The molecule has 0 aliphatic rings. The summed E-state index contributed by atoms with van der Waals surface area (Å²) in [5, 5.41) is 2.01. The van der Waals surface area contributed by atoms with Crippen LogP contribution in [0.3, 0.4) is 0 Å². The van der Waals surface area contributed by atoms with Crippen LogP contribution >= 0.6 is 11.3 Å². The molecule has 96 valence electrons. The Kier molecular flexibility index (Phi) is 5.61. The average Bonchev–Trinajstić information content (AvgIpc) is 2.79. The summed E-state index contributed by atoms with van der Waals surface area (Å²) in [7, 11) is 1.51. The van der Waals surface area contributed by atoms with Crippen LogP contribution in [0.2, 0.25) is 0 Å². The molecule has 17 heavy (non-hydrogen) atoms. The van der Waals surface area contributed by atoms with E-state index >= 15 is 0 Å². The van der Waals surface area contributed by atoms with Gasteiger partial charge in [-0.15, -0.1) is 11.3 Å². The van der Waals surface area contributed by atoms with Gasteiger partial charge < -0.3 is 15.4 Å². The van der Waals surface area contributed by atoms with Crippen LogP contribution in [0.1, 0.15) is 18.7 Å². The molecule has 0 aliphatic heterocycles. The lowest BCUT2D eigenvalue weighted by Gasteiger charge is -2.29. The van der Waals surface area contributed by atoms with E-state index in [1.54, 1.807) is 16.2 Å². The lowest BCUT2D eigenvalue weighted by atomic mass is 10.2. The number of carbonyl (C=O) groups excluding carboxylic acids is 1. The topological polar surface area (TPSA) is 55.6 Å². The molecule has 0 fully saturated rings. The quantitative estimate of drug-likeness (QED) is 0.838. The third kappa shape index (κ3) is 3.80. The highest BCUT2D eigenvalue weighted by Crippen LogP contribution is 2.15. The number of methoxy groups -OCH3 is 1. The van der Waals surface area contributed by atoms with E-state index in [0.29, 0.717) is 6.54 Å². The number of thiophene rings is 1. The molecule has 1 unspecified atom stereocenters. The van der Waals surface area contributed by atoms with Crippen molar-refractivity contribution in [1.82, 2.24) is 4.90 Å². The Hall–Kier alpha value is -0.910. The van der Waals surface area contributed by atoms with Crippen molar-refractivity contribution >= 4 is 17.2 Å². The molecule has 0 radical (unpaired) electrons. The fourth-order valence-corrected chi connectivity index (χ4v) is 2.27. The standard InChI is InChI=1S/C12H20N2O2S/c1-9(2)14(8-10-5-4-6-17-10)12(15)11(7-13)16-3/h4-6,9,11H,7-8,13H2,1-3H3. The van der Waals surface area contributed by atoms with Gasteiger partial charge in [-0.2, -0.15) is 0 Å². The smallest absolute Gasteiger partial charge is 0.253 e. The number of nitrogens with two attached hydrogens (primary N) is 1. The maximum atomic E-state index is 12.2.